The van der Waals surface area contributed by atoms with E-state index in [1.54, 1.807) is 0 Å². The second-order valence-corrected chi connectivity index (χ2v) is 5.01. The van der Waals surface area contributed by atoms with Crippen molar-refractivity contribution in [1.82, 2.24) is 10.2 Å². The van der Waals surface area contributed by atoms with Crippen LogP contribution >= 0.6 is 0 Å². The van der Waals surface area contributed by atoms with Crippen LogP contribution in [0.4, 0.5) is 5.69 Å². The topological polar surface area (TPSA) is 44.4 Å². The zero-order valence-corrected chi connectivity index (χ0v) is 11.8. The van der Waals surface area contributed by atoms with Crippen molar-refractivity contribution >= 4 is 11.6 Å². The van der Waals surface area contributed by atoms with Crippen LogP contribution in [-0.2, 0) is 11.2 Å². The van der Waals surface area contributed by atoms with E-state index in [0.717, 1.165) is 38.3 Å². The fourth-order valence-electron chi connectivity index (χ4n) is 2.35. The zero-order valence-electron chi connectivity index (χ0n) is 11.8. The molecule has 1 unspecified atom stereocenters. The van der Waals surface area contributed by atoms with Crippen molar-refractivity contribution in [2.75, 3.05) is 31.5 Å². The van der Waals surface area contributed by atoms with Gasteiger partial charge in [0, 0.05) is 31.9 Å². The van der Waals surface area contributed by atoms with Gasteiger partial charge in [-0.05, 0) is 31.0 Å². The summed E-state index contributed by atoms with van der Waals surface area (Å²) < 4.78 is 0. The van der Waals surface area contributed by atoms with Crippen LogP contribution in [0.5, 0.6) is 0 Å². The summed E-state index contributed by atoms with van der Waals surface area (Å²) in [5.41, 5.74) is 2.14. The summed E-state index contributed by atoms with van der Waals surface area (Å²) in [6, 6.07) is 7.98. The molecule has 0 aromatic heterocycles. The molecular formula is C15H23N3O. The van der Waals surface area contributed by atoms with Gasteiger partial charge >= 0.3 is 0 Å². The van der Waals surface area contributed by atoms with Crippen molar-refractivity contribution in [3.63, 3.8) is 0 Å². The molecule has 0 aliphatic carbocycles. The first-order chi connectivity index (χ1) is 9.20. The first-order valence-corrected chi connectivity index (χ1v) is 7.05. The van der Waals surface area contributed by atoms with Gasteiger partial charge in [-0.1, -0.05) is 19.1 Å². The molecule has 1 aliphatic rings. The SMILES string of the molecule is CCc1cccc(NC(=O)C(C)N2CCNCC2)c1. The van der Waals surface area contributed by atoms with Crippen LogP contribution in [-0.4, -0.2) is 43.0 Å². The lowest BCUT2D eigenvalue weighted by atomic mass is 10.1. The van der Waals surface area contributed by atoms with Gasteiger partial charge in [-0.25, -0.2) is 0 Å². The van der Waals surface area contributed by atoms with E-state index in [-0.39, 0.29) is 11.9 Å². The quantitative estimate of drug-likeness (QED) is 0.863. The molecule has 1 amide bonds. The standard InChI is InChI=1S/C15H23N3O/c1-3-13-5-4-6-14(11-13)17-15(19)12(2)18-9-7-16-8-10-18/h4-6,11-12,16H,3,7-10H2,1-2H3,(H,17,19). The molecule has 2 N–H and O–H groups in total. The summed E-state index contributed by atoms with van der Waals surface area (Å²) >= 11 is 0. The molecule has 0 spiro atoms. The van der Waals surface area contributed by atoms with Gasteiger partial charge in [0.2, 0.25) is 5.91 Å². The lowest BCUT2D eigenvalue weighted by Gasteiger charge is -2.31. The highest BCUT2D eigenvalue weighted by Gasteiger charge is 2.22. The average molecular weight is 261 g/mol. The maximum absolute atomic E-state index is 12.2. The molecule has 4 heteroatoms. The third kappa shape index (κ3) is 3.78. The van der Waals surface area contributed by atoms with Gasteiger partial charge in [-0.15, -0.1) is 0 Å². The summed E-state index contributed by atoms with van der Waals surface area (Å²) in [6.07, 6.45) is 0.983. The fraction of sp³-hybridized carbons (Fsp3) is 0.533. The minimum atomic E-state index is -0.0765. The number of anilines is 1. The van der Waals surface area contributed by atoms with E-state index in [2.05, 4.69) is 28.5 Å². The molecule has 0 radical (unpaired) electrons. The molecule has 1 aromatic carbocycles. The highest BCUT2D eigenvalue weighted by Crippen LogP contribution is 2.12. The van der Waals surface area contributed by atoms with E-state index in [4.69, 9.17) is 0 Å². The summed E-state index contributed by atoms with van der Waals surface area (Å²) in [7, 11) is 0. The molecule has 104 valence electrons. The van der Waals surface area contributed by atoms with Gasteiger partial charge in [0.1, 0.15) is 0 Å². The number of nitrogens with one attached hydrogen (secondary N) is 2. The predicted octanol–water partition coefficient (Wildman–Crippen LogP) is 1.48. The van der Waals surface area contributed by atoms with Crippen LogP contribution in [0.25, 0.3) is 0 Å². The van der Waals surface area contributed by atoms with Crippen molar-refractivity contribution < 1.29 is 4.79 Å². The minimum absolute atomic E-state index is 0.0765. The largest absolute Gasteiger partial charge is 0.325 e. The monoisotopic (exact) mass is 261 g/mol. The Balaban J connectivity index is 1.95. The summed E-state index contributed by atoms with van der Waals surface area (Å²) in [5, 5.41) is 6.31. The Morgan fingerprint density at radius 3 is 2.84 bits per heavy atom. The zero-order chi connectivity index (χ0) is 13.7. The van der Waals surface area contributed by atoms with E-state index >= 15 is 0 Å². The van der Waals surface area contributed by atoms with Crippen molar-refractivity contribution in [2.45, 2.75) is 26.3 Å². The van der Waals surface area contributed by atoms with E-state index in [9.17, 15) is 4.79 Å². The van der Waals surface area contributed by atoms with Gasteiger partial charge in [0.25, 0.3) is 0 Å². The number of nitrogens with zero attached hydrogens (tertiary/aromatic N) is 1. The van der Waals surface area contributed by atoms with Gasteiger partial charge < -0.3 is 10.6 Å². The molecule has 2 rings (SSSR count). The highest BCUT2D eigenvalue weighted by atomic mass is 16.2. The second-order valence-electron chi connectivity index (χ2n) is 5.01. The number of carbonyl (C=O) groups is 1. The molecule has 0 saturated carbocycles. The van der Waals surface area contributed by atoms with E-state index in [1.807, 2.05) is 25.1 Å². The Kier molecular flexibility index (Phi) is 4.93. The van der Waals surface area contributed by atoms with Crippen LogP contribution in [0.15, 0.2) is 24.3 Å². The lowest BCUT2D eigenvalue weighted by Crippen LogP contribution is -2.51. The first kappa shape index (κ1) is 14.0. The normalized spacial score (nSPS) is 18.0. The Labute approximate surface area is 115 Å². The minimum Gasteiger partial charge on any atom is -0.325 e. The smallest absolute Gasteiger partial charge is 0.241 e. The van der Waals surface area contributed by atoms with E-state index in [1.165, 1.54) is 5.56 Å². The molecule has 1 heterocycles. The third-order valence-corrected chi connectivity index (χ3v) is 3.68. The highest BCUT2D eigenvalue weighted by molar-refractivity contribution is 5.94. The van der Waals surface area contributed by atoms with Gasteiger partial charge in [-0.2, -0.15) is 0 Å². The Morgan fingerprint density at radius 1 is 1.42 bits per heavy atom. The fourth-order valence-corrected chi connectivity index (χ4v) is 2.35. The van der Waals surface area contributed by atoms with Crippen LogP contribution in [0, 0.1) is 0 Å². The van der Waals surface area contributed by atoms with Gasteiger partial charge in [0.05, 0.1) is 6.04 Å². The maximum Gasteiger partial charge on any atom is 0.241 e. The number of carbonyl (C=O) groups excluding carboxylic acids is 1. The molecule has 4 nitrogen and oxygen atoms in total. The maximum atomic E-state index is 12.2. The van der Waals surface area contributed by atoms with Crippen LogP contribution in [0.1, 0.15) is 19.4 Å². The van der Waals surface area contributed by atoms with Crippen LogP contribution in [0.3, 0.4) is 0 Å². The number of hydrogen-bond acceptors (Lipinski definition) is 3. The third-order valence-electron chi connectivity index (χ3n) is 3.68. The number of benzene rings is 1. The number of piperazine rings is 1. The number of aryl methyl sites for hydroxylation is 1. The van der Waals surface area contributed by atoms with Gasteiger partial charge in [-0.3, -0.25) is 9.69 Å². The number of hydrogen-bond donors (Lipinski definition) is 2. The molecule has 1 atom stereocenters. The summed E-state index contributed by atoms with van der Waals surface area (Å²) in [6.45, 7) is 7.88. The van der Waals surface area contributed by atoms with Crippen molar-refractivity contribution in [2.24, 2.45) is 0 Å². The molecule has 0 bridgehead atoms. The average Bonchev–Trinajstić information content (AvgIpc) is 2.47. The van der Waals surface area contributed by atoms with Crippen molar-refractivity contribution in [3.05, 3.63) is 29.8 Å². The number of amides is 1. The Hall–Kier alpha value is -1.39. The molecular weight excluding hydrogens is 238 g/mol. The van der Waals surface area contributed by atoms with E-state index < -0.39 is 0 Å². The molecule has 1 aliphatic heterocycles. The molecule has 1 aromatic rings. The van der Waals surface area contributed by atoms with Crippen LogP contribution < -0.4 is 10.6 Å². The molecule has 1 saturated heterocycles. The van der Waals surface area contributed by atoms with E-state index in [0.29, 0.717) is 0 Å². The molecule has 1 fully saturated rings. The molecule has 19 heavy (non-hydrogen) atoms. The lowest BCUT2D eigenvalue weighted by molar-refractivity contribution is -0.120. The number of rotatable bonds is 4. The predicted molar refractivity (Wildman–Crippen MR) is 78.4 cm³/mol. The second kappa shape index (κ2) is 6.68. The Morgan fingerprint density at radius 2 is 2.16 bits per heavy atom. The summed E-state index contributed by atoms with van der Waals surface area (Å²) in [4.78, 5) is 14.5. The van der Waals surface area contributed by atoms with Crippen molar-refractivity contribution in [3.8, 4) is 0 Å². The summed E-state index contributed by atoms with van der Waals surface area (Å²) in [5.74, 6) is 0.0788. The van der Waals surface area contributed by atoms with Crippen LogP contribution in [0.2, 0.25) is 0 Å². The Bertz CT molecular complexity index is 427. The van der Waals surface area contributed by atoms with Gasteiger partial charge in [0.15, 0.2) is 0 Å². The first-order valence-electron chi connectivity index (χ1n) is 7.05. The van der Waals surface area contributed by atoms with Crippen molar-refractivity contribution in [1.29, 1.82) is 0 Å².